The van der Waals surface area contributed by atoms with Crippen LogP contribution in [0.5, 0.6) is 11.9 Å². The van der Waals surface area contributed by atoms with Crippen molar-refractivity contribution in [1.29, 1.82) is 0 Å². The average Bonchev–Trinajstić information content (AvgIpc) is 2.15. The fourth-order valence-electron chi connectivity index (χ4n) is 0.752. The van der Waals surface area contributed by atoms with Gasteiger partial charge in [-0.3, -0.25) is 0 Å². The SMILES string of the molecule is COc1ncc(S(=O)(=O)F)c(OC)n1. The van der Waals surface area contributed by atoms with Gasteiger partial charge in [-0.25, -0.2) is 4.98 Å². The van der Waals surface area contributed by atoms with Gasteiger partial charge in [0, 0.05) is 0 Å². The van der Waals surface area contributed by atoms with Crippen LogP contribution < -0.4 is 9.47 Å². The Hall–Kier alpha value is -1.44. The molecule has 0 fully saturated rings. The summed E-state index contributed by atoms with van der Waals surface area (Å²) in [4.78, 5) is 6.22. The van der Waals surface area contributed by atoms with Crippen molar-refractivity contribution in [3.63, 3.8) is 0 Å². The summed E-state index contributed by atoms with van der Waals surface area (Å²) < 4.78 is 42.8. The Morgan fingerprint density at radius 1 is 1.36 bits per heavy atom. The predicted octanol–water partition coefficient (Wildman–Crippen LogP) is 0.152. The summed E-state index contributed by atoms with van der Waals surface area (Å²) in [6.07, 6.45) is 0.778. The average molecular weight is 222 g/mol. The largest absolute Gasteiger partial charge is 0.480 e. The second-order valence-corrected chi connectivity index (χ2v) is 3.48. The number of hydrogen-bond acceptors (Lipinski definition) is 6. The molecule has 78 valence electrons. The second kappa shape index (κ2) is 3.74. The Bertz CT molecular complexity index is 433. The number of methoxy groups -OCH3 is 2. The van der Waals surface area contributed by atoms with E-state index in [1.165, 1.54) is 7.11 Å². The lowest BCUT2D eigenvalue weighted by Crippen LogP contribution is -2.02. The highest BCUT2D eigenvalue weighted by Crippen LogP contribution is 2.23. The minimum absolute atomic E-state index is 0.103. The lowest BCUT2D eigenvalue weighted by molar-refractivity contribution is 0.343. The molecule has 0 saturated carbocycles. The van der Waals surface area contributed by atoms with Crippen LogP contribution in [0.15, 0.2) is 11.1 Å². The molecular formula is C6H7FN2O4S. The molecule has 0 spiro atoms. The normalized spacial score (nSPS) is 11.1. The summed E-state index contributed by atoms with van der Waals surface area (Å²) in [5.41, 5.74) is 0. The number of ether oxygens (including phenoxy) is 2. The van der Waals surface area contributed by atoms with Gasteiger partial charge in [-0.15, -0.1) is 3.89 Å². The maximum Gasteiger partial charge on any atom is 0.339 e. The van der Waals surface area contributed by atoms with E-state index in [1.807, 2.05) is 0 Å². The van der Waals surface area contributed by atoms with Gasteiger partial charge in [0.05, 0.1) is 20.4 Å². The van der Waals surface area contributed by atoms with Gasteiger partial charge in [-0.1, -0.05) is 0 Å². The summed E-state index contributed by atoms with van der Waals surface area (Å²) in [5, 5.41) is 0. The highest BCUT2D eigenvalue weighted by Gasteiger charge is 2.21. The van der Waals surface area contributed by atoms with E-state index in [0.29, 0.717) is 0 Å². The van der Waals surface area contributed by atoms with E-state index in [1.54, 1.807) is 0 Å². The lowest BCUT2D eigenvalue weighted by atomic mass is 10.6. The number of halogens is 1. The molecule has 1 aromatic heterocycles. The standard InChI is InChI=1S/C6H7FN2O4S/c1-12-5-4(14(7,10)11)3-8-6(9-5)13-2/h3H,1-2H3. The molecule has 0 N–H and O–H groups in total. The van der Waals surface area contributed by atoms with Crippen LogP contribution in [-0.2, 0) is 10.2 Å². The molecule has 14 heavy (non-hydrogen) atoms. The Balaban J connectivity index is 3.33. The molecule has 0 atom stereocenters. The zero-order chi connectivity index (χ0) is 10.8. The van der Waals surface area contributed by atoms with Crippen LogP contribution in [0.1, 0.15) is 0 Å². The van der Waals surface area contributed by atoms with Crippen LogP contribution in [0.3, 0.4) is 0 Å². The van der Waals surface area contributed by atoms with Gasteiger partial charge in [0.2, 0.25) is 5.88 Å². The Morgan fingerprint density at radius 3 is 2.43 bits per heavy atom. The highest BCUT2D eigenvalue weighted by atomic mass is 32.3. The second-order valence-electron chi connectivity index (χ2n) is 2.17. The molecule has 0 bridgehead atoms. The predicted molar refractivity (Wildman–Crippen MR) is 43.4 cm³/mol. The number of hydrogen-bond donors (Lipinski definition) is 0. The molecule has 0 aliphatic heterocycles. The first kappa shape index (κ1) is 10.6. The molecule has 0 aliphatic rings. The van der Waals surface area contributed by atoms with Gasteiger partial charge >= 0.3 is 16.2 Å². The van der Waals surface area contributed by atoms with Gasteiger partial charge < -0.3 is 9.47 Å². The monoisotopic (exact) mass is 222 g/mol. The minimum atomic E-state index is -4.88. The Labute approximate surface area is 79.9 Å². The van der Waals surface area contributed by atoms with Gasteiger partial charge in [0.15, 0.2) is 4.90 Å². The van der Waals surface area contributed by atoms with Crippen molar-refractivity contribution >= 4 is 10.2 Å². The maximum absolute atomic E-state index is 12.6. The van der Waals surface area contributed by atoms with Crippen molar-refractivity contribution in [2.75, 3.05) is 14.2 Å². The van der Waals surface area contributed by atoms with E-state index in [9.17, 15) is 12.3 Å². The van der Waals surface area contributed by atoms with Crippen LogP contribution >= 0.6 is 0 Å². The summed E-state index contributed by atoms with van der Waals surface area (Å²) in [6.45, 7) is 0. The molecule has 8 heteroatoms. The third-order valence-corrected chi connectivity index (χ3v) is 2.14. The topological polar surface area (TPSA) is 78.4 Å². The molecular weight excluding hydrogens is 215 g/mol. The molecule has 6 nitrogen and oxygen atoms in total. The summed E-state index contributed by atoms with van der Waals surface area (Å²) in [5.74, 6) is -0.389. The Kier molecular flexibility index (Phi) is 2.84. The first-order valence-electron chi connectivity index (χ1n) is 3.38. The van der Waals surface area contributed by atoms with E-state index < -0.39 is 15.1 Å². The molecule has 0 unspecified atom stereocenters. The number of nitrogens with zero attached hydrogens (tertiary/aromatic N) is 2. The molecule has 0 radical (unpaired) electrons. The fraction of sp³-hybridized carbons (Fsp3) is 0.333. The molecule has 1 aromatic rings. The van der Waals surface area contributed by atoms with Crippen molar-refractivity contribution in [2.24, 2.45) is 0 Å². The van der Waals surface area contributed by atoms with Crippen molar-refractivity contribution in [3.05, 3.63) is 6.20 Å². The summed E-state index contributed by atoms with van der Waals surface area (Å²) >= 11 is 0. The van der Waals surface area contributed by atoms with Gasteiger partial charge in [0.1, 0.15) is 0 Å². The Morgan fingerprint density at radius 2 is 2.00 bits per heavy atom. The zero-order valence-electron chi connectivity index (χ0n) is 7.39. The summed E-state index contributed by atoms with van der Waals surface area (Å²) in [7, 11) is -2.42. The van der Waals surface area contributed by atoms with Crippen molar-refractivity contribution < 1.29 is 21.8 Å². The van der Waals surface area contributed by atoms with Crippen LogP contribution in [0.4, 0.5) is 3.89 Å². The molecule has 0 aliphatic carbocycles. The fourth-order valence-corrected chi connectivity index (χ4v) is 1.27. The first-order chi connectivity index (χ1) is 6.49. The highest BCUT2D eigenvalue weighted by molar-refractivity contribution is 7.86. The number of rotatable bonds is 3. The van der Waals surface area contributed by atoms with E-state index >= 15 is 0 Å². The van der Waals surface area contributed by atoms with Gasteiger partial charge in [-0.2, -0.15) is 13.4 Å². The third kappa shape index (κ3) is 2.08. The quantitative estimate of drug-likeness (QED) is 0.677. The lowest BCUT2D eigenvalue weighted by Gasteiger charge is -2.04. The molecule has 0 amide bonds. The molecule has 1 heterocycles. The first-order valence-corrected chi connectivity index (χ1v) is 4.77. The van der Waals surface area contributed by atoms with E-state index in [0.717, 1.165) is 13.3 Å². The number of aromatic nitrogens is 2. The van der Waals surface area contributed by atoms with Crippen LogP contribution in [-0.4, -0.2) is 32.6 Å². The smallest absolute Gasteiger partial charge is 0.339 e. The molecule has 0 aromatic carbocycles. The molecule has 0 saturated heterocycles. The zero-order valence-corrected chi connectivity index (χ0v) is 8.21. The van der Waals surface area contributed by atoms with E-state index in [-0.39, 0.29) is 11.9 Å². The third-order valence-electron chi connectivity index (χ3n) is 1.34. The van der Waals surface area contributed by atoms with E-state index in [4.69, 9.17) is 0 Å². The van der Waals surface area contributed by atoms with E-state index in [2.05, 4.69) is 19.4 Å². The van der Waals surface area contributed by atoms with Crippen LogP contribution in [0.25, 0.3) is 0 Å². The van der Waals surface area contributed by atoms with Gasteiger partial charge in [0.25, 0.3) is 0 Å². The van der Waals surface area contributed by atoms with Crippen molar-refractivity contribution in [2.45, 2.75) is 4.90 Å². The molecule has 1 rings (SSSR count). The summed E-state index contributed by atoms with van der Waals surface area (Å²) in [6, 6.07) is -0.103. The maximum atomic E-state index is 12.6. The van der Waals surface area contributed by atoms with Crippen LogP contribution in [0, 0.1) is 0 Å². The minimum Gasteiger partial charge on any atom is -0.480 e. The van der Waals surface area contributed by atoms with Gasteiger partial charge in [-0.05, 0) is 0 Å². The van der Waals surface area contributed by atoms with Crippen molar-refractivity contribution in [1.82, 2.24) is 9.97 Å². The van der Waals surface area contributed by atoms with Crippen molar-refractivity contribution in [3.8, 4) is 11.9 Å². The van der Waals surface area contributed by atoms with Crippen LogP contribution in [0.2, 0.25) is 0 Å².